The fourth-order valence-electron chi connectivity index (χ4n) is 2.12. The molecule has 0 spiro atoms. The zero-order valence-corrected chi connectivity index (χ0v) is 14.7. The first-order chi connectivity index (χ1) is 12.6. The Hall–Kier alpha value is -2.83. The summed E-state index contributed by atoms with van der Waals surface area (Å²) in [7, 11) is -3.84. The molecule has 2 aromatic carbocycles. The van der Waals surface area contributed by atoms with Crippen LogP contribution in [0, 0.1) is 12.3 Å². The number of nitrogens with one attached hydrogen (secondary N) is 2. The molecule has 5 nitrogen and oxygen atoms in total. The van der Waals surface area contributed by atoms with Crippen molar-refractivity contribution in [3.8, 4) is 12.3 Å². The molecule has 0 aliphatic rings. The quantitative estimate of drug-likeness (QED) is 0.737. The van der Waals surface area contributed by atoms with Crippen LogP contribution in [0.5, 0.6) is 0 Å². The normalized spacial score (nSPS) is 11.6. The van der Waals surface area contributed by atoms with Crippen LogP contribution in [-0.4, -0.2) is 20.9 Å². The fourth-order valence-corrected chi connectivity index (χ4v) is 3.10. The molecular weight excluding hydrogens is 381 g/mol. The first-order valence-corrected chi connectivity index (χ1v) is 9.09. The van der Waals surface area contributed by atoms with Gasteiger partial charge in [-0.1, -0.05) is 24.1 Å². The summed E-state index contributed by atoms with van der Waals surface area (Å²) in [6, 6.07) is 9.67. The van der Waals surface area contributed by atoms with Crippen molar-refractivity contribution in [1.82, 2.24) is 10.0 Å². The van der Waals surface area contributed by atoms with Gasteiger partial charge in [0.15, 0.2) is 0 Å². The van der Waals surface area contributed by atoms with Gasteiger partial charge in [0.05, 0.1) is 17.0 Å². The predicted molar refractivity (Wildman–Crippen MR) is 93.1 cm³/mol. The molecule has 0 atom stereocenters. The topological polar surface area (TPSA) is 75.3 Å². The maximum absolute atomic E-state index is 12.5. The molecule has 2 aromatic rings. The van der Waals surface area contributed by atoms with E-state index in [2.05, 4.69) is 16.0 Å². The minimum atomic E-state index is -4.43. The first kappa shape index (κ1) is 20.5. The van der Waals surface area contributed by atoms with Gasteiger partial charge < -0.3 is 5.32 Å². The zero-order chi connectivity index (χ0) is 20.1. The van der Waals surface area contributed by atoms with Gasteiger partial charge in [-0.05, 0) is 35.9 Å². The van der Waals surface area contributed by atoms with E-state index >= 15 is 0 Å². The number of alkyl halides is 3. The number of halogens is 3. The van der Waals surface area contributed by atoms with E-state index in [1.807, 2.05) is 0 Å². The number of rotatable bonds is 6. The van der Waals surface area contributed by atoms with Crippen LogP contribution in [0.25, 0.3) is 0 Å². The summed E-state index contributed by atoms with van der Waals surface area (Å²) in [4.78, 5) is 12.1. The Bertz CT molecular complexity index is 963. The molecule has 0 aromatic heterocycles. The number of carbonyl (C=O) groups excluding carboxylic acids is 1. The van der Waals surface area contributed by atoms with E-state index in [9.17, 15) is 26.4 Å². The van der Waals surface area contributed by atoms with Crippen molar-refractivity contribution >= 4 is 15.9 Å². The molecule has 0 heterocycles. The summed E-state index contributed by atoms with van der Waals surface area (Å²) in [5.74, 6) is 1.58. The number of amides is 1. The summed E-state index contributed by atoms with van der Waals surface area (Å²) in [5.41, 5.74) is -0.226. The van der Waals surface area contributed by atoms with E-state index < -0.39 is 27.7 Å². The van der Waals surface area contributed by atoms with Crippen molar-refractivity contribution < 1.29 is 26.4 Å². The lowest BCUT2D eigenvalue weighted by Gasteiger charge is -2.09. The van der Waals surface area contributed by atoms with Crippen LogP contribution in [0.15, 0.2) is 53.4 Å². The smallest absolute Gasteiger partial charge is 0.348 e. The van der Waals surface area contributed by atoms with E-state index in [1.165, 1.54) is 36.4 Å². The second-order valence-electron chi connectivity index (χ2n) is 5.43. The zero-order valence-electron chi connectivity index (χ0n) is 13.9. The van der Waals surface area contributed by atoms with Gasteiger partial charge in [-0.2, -0.15) is 17.9 Å². The number of benzene rings is 2. The minimum Gasteiger partial charge on any atom is -0.348 e. The molecule has 0 bridgehead atoms. The fraction of sp³-hybridized carbons (Fsp3) is 0.167. The molecule has 0 saturated carbocycles. The average Bonchev–Trinajstić information content (AvgIpc) is 2.64. The maximum atomic E-state index is 12.5. The van der Waals surface area contributed by atoms with E-state index in [0.29, 0.717) is 5.56 Å². The third-order valence-corrected chi connectivity index (χ3v) is 4.90. The van der Waals surface area contributed by atoms with Crippen LogP contribution in [0.4, 0.5) is 13.2 Å². The van der Waals surface area contributed by atoms with Crippen LogP contribution >= 0.6 is 0 Å². The number of sulfonamides is 1. The van der Waals surface area contributed by atoms with Gasteiger partial charge >= 0.3 is 6.18 Å². The monoisotopic (exact) mass is 396 g/mol. The van der Waals surface area contributed by atoms with Gasteiger partial charge in [-0.25, -0.2) is 8.42 Å². The largest absolute Gasteiger partial charge is 0.416 e. The van der Waals surface area contributed by atoms with Gasteiger partial charge in [-0.3, -0.25) is 4.79 Å². The summed E-state index contributed by atoms with van der Waals surface area (Å²) in [6.07, 6.45) is 0.587. The van der Waals surface area contributed by atoms with Crippen molar-refractivity contribution in [3.63, 3.8) is 0 Å². The van der Waals surface area contributed by atoms with E-state index in [0.717, 1.165) is 12.1 Å². The highest BCUT2D eigenvalue weighted by Crippen LogP contribution is 2.29. The first-order valence-electron chi connectivity index (χ1n) is 7.61. The molecule has 0 unspecified atom stereocenters. The molecular formula is C18H15F3N2O3S. The highest BCUT2D eigenvalue weighted by atomic mass is 32.2. The van der Waals surface area contributed by atoms with E-state index in [-0.39, 0.29) is 23.5 Å². The van der Waals surface area contributed by atoms with Crippen molar-refractivity contribution in [2.75, 3.05) is 6.54 Å². The Labute approximate surface area is 154 Å². The third kappa shape index (κ3) is 5.57. The summed E-state index contributed by atoms with van der Waals surface area (Å²) in [5, 5.41) is 2.53. The lowest BCUT2D eigenvalue weighted by Crippen LogP contribution is -2.25. The molecule has 2 rings (SSSR count). The SMILES string of the molecule is C#CCNS(=O)(=O)c1cccc(C(=O)NCc2ccc(C(F)(F)F)cc2)c1. The molecule has 0 saturated heterocycles. The van der Waals surface area contributed by atoms with E-state index in [4.69, 9.17) is 6.42 Å². The van der Waals surface area contributed by atoms with Crippen molar-refractivity contribution in [3.05, 3.63) is 65.2 Å². The Morgan fingerprint density at radius 2 is 1.78 bits per heavy atom. The van der Waals surface area contributed by atoms with Crippen LogP contribution in [0.3, 0.4) is 0 Å². The van der Waals surface area contributed by atoms with Crippen molar-refractivity contribution in [2.45, 2.75) is 17.6 Å². The Kier molecular flexibility index (Phi) is 6.25. The third-order valence-electron chi connectivity index (χ3n) is 3.51. The molecule has 0 radical (unpaired) electrons. The van der Waals surface area contributed by atoms with Gasteiger partial charge in [-0.15, -0.1) is 6.42 Å². The Balaban J connectivity index is 2.06. The highest BCUT2D eigenvalue weighted by Gasteiger charge is 2.29. The molecule has 2 N–H and O–H groups in total. The number of terminal acetylenes is 1. The summed E-state index contributed by atoms with van der Waals surface area (Å²) in [6.45, 7) is -0.198. The second-order valence-corrected chi connectivity index (χ2v) is 7.20. The van der Waals surface area contributed by atoms with Crippen LogP contribution < -0.4 is 10.0 Å². The average molecular weight is 396 g/mol. The molecule has 1 amide bonds. The van der Waals surface area contributed by atoms with Crippen molar-refractivity contribution in [2.24, 2.45) is 0 Å². The molecule has 0 aliphatic heterocycles. The second kappa shape index (κ2) is 8.24. The number of carbonyl (C=O) groups is 1. The minimum absolute atomic E-state index is 0.0106. The molecule has 9 heteroatoms. The van der Waals surface area contributed by atoms with E-state index in [1.54, 1.807) is 0 Å². The number of hydrogen-bond acceptors (Lipinski definition) is 3. The maximum Gasteiger partial charge on any atom is 0.416 e. The van der Waals surface area contributed by atoms with Gasteiger partial charge in [0.1, 0.15) is 0 Å². The van der Waals surface area contributed by atoms with Gasteiger partial charge in [0.2, 0.25) is 10.0 Å². The van der Waals surface area contributed by atoms with Crippen LogP contribution in [0.1, 0.15) is 21.5 Å². The molecule has 0 fully saturated rings. The lowest BCUT2D eigenvalue weighted by atomic mass is 10.1. The molecule has 0 aliphatic carbocycles. The van der Waals surface area contributed by atoms with Crippen LogP contribution in [0.2, 0.25) is 0 Å². The molecule has 142 valence electrons. The standard InChI is InChI=1S/C18H15F3N2O3S/c1-2-10-23-27(25,26)16-5-3-4-14(11-16)17(24)22-12-13-6-8-15(9-7-13)18(19,20)21/h1,3-9,11,23H,10,12H2,(H,22,24). The summed E-state index contributed by atoms with van der Waals surface area (Å²) >= 11 is 0. The predicted octanol–water partition coefficient (Wildman–Crippen LogP) is 2.55. The molecule has 27 heavy (non-hydrogen) atoms. The van der Waals surface area contributed by atoms with Gasteiger partial charge in [0.25, 0.3) is 5.91 Å². The lowest BCUT2D eigenvalue weighted by molar-refractivity contribution is -0.137. The Morgan fingerprint density at radius 1 is 1.11 bits per heavy atom. The number of hydrogen-bond donors (Lipinski definition) is 2. The van der Waals surface area contributed by atoms with Crippen LogP contribution in [-0.2, 0) is 22.7 Å². The van der Waals surface area contributed by atoms with Gasteiger partial charge in [0, 0.05) is 12.1 Å². The van der Waals surface area contributed by atoms with Crippen molar-refractivity contribution in [1.29, 1.82) is 0 Å². The summed E-state index contributed by atoms with van der Waals surface area (Å²) < 4.78 is 63.8. The Morgan fingerprint density at radius 3 is 2.37 bits per heavy atom. The highest BCUT2D eigenvalue weighted by molar-refractivity contribution is 7.89.